The van der Waals surface area contributed by atoms with Gasteiger partial charge in [0.2, 0.25) is 0 Å². The minimum Gasteiger partial charge on any atom is -0.364 e. The zero-order valence-electron chi connectivity index (χ0n) is 14.4. The smallest absolute Gasteiger partial charge is 0.281 e. The first-order valence-corrected chi connectivity index (χ1v) is 9.65. The van der Waals surface area contributed by atoms with E-state index in [-0.39, 0.29) is 18.1 Å². The number of morpholine rings is 1. The number of hydrogen-bond acceptors (Lipinski definition) is 4. The molecule has 1 aliphatic rings. The summed E-state index contributed by atoms with van der Waals surface area (Å²) in [5, 5.41) is 4.30. The molecule has 1 fully saturated rings. The van der Waals surface area contributed by atoms with E-state index in [1.807, 2.05) is 30.5 Å². The number of halogens is 1. The zero-order valence-corrected chi connectivity index (χ0v) is 16.0. The Balaban J connectivity index is 1.53. The molecule has 3 atom stereocenters. The number of anilines is 1. The minimum atomic E-state index is -0.0000412. The third-order valence-electron chi connectivity index (χ3n) is 4.09. The Hall–Kier alpha value is -1.47. The van der Waals surface area contributed by atoms with Gasteiger partial charge in [-0.3, -0.25) is 10.1 Å². The first-order chi connectivity index (χ1) is 12.0. The van der Waals surface area contributed by atoms with Crippen LogP contribution in [-0.4, -0.2) is 42.7 Å². The third-order valence-corrected chi connectivity index (χ3v) is 5.24. The molecule has 0 aliphatic carbocycles. The van der Waals surface area contributed by atoms with Crippen LogP contribution in [0.2, 0.25) is 5.02 Å². The number of nitrogens with one attached hydrogen (secondary N) is 2. The maximum atomic E-state index is 12.3. The Morgan fingerprint density at radius 2 is 2.16 bits per heavy atom. The van der Waals surface area contributed by atoms with Gasteiger partial charge in [-0.2, -0.15) is 0 Å². The summed E-state index contributed by atoms with van der Waals surface area (Å²) in [6, 6.07) is 7.78. The van der Waals surface area contributed by atoms with Crippen LogP contribution >= 0.6 is 22.9 Å². The molecule has 1 aromatic heterocycles. The second kappa shape index (κ2) is 8.27. The number of benzene rings is 1. The van der Waals surface area contributed by atoms with E-state index < -0.39 is 0 Å². The molecule has 1 amide bonds. The van der Waals surface area contributed by atoms with Crippen LogP contribution in [0.25, 0.3) is 0 Å². The van der Waals surface area contributed by atoms with E-state index in [9.17, 15) is 4.79 Å². The van der Waals surface area contributed by atoms with Crippen molar-refractivity contribution in [3.05, 3.63) is 45.9 Å². The molecule has 0 saturated carbocycles. The van der Waals surface area contributed by atoms with Crippen LogP contribution in [-0.2, 0) is 16.0 Å². The van der Waals surface area contributed by atoms with Crippen molar-refractivity contribution in [2.75, 3.05) is 25.0 Å². The number of hydrogen-bond donors (Lipinski definition) is 2. The fourth-order valence-electron chi connectivity index (χ4n) is 3.22. The standard InChI is InChI=1S/C18H22ClN3O2S/c1-12-9-22(10-13(2)24-12)11-17(23)21-18-20-8-16(25-18)7-14-4-3-5-15(19)6-14/h3-6,8,12-13H,7,9-11H2,1-2H3,(H,20,21,23)/p+1/t12-,13+. The Bertz CT molecular complexity index is 727. The van der Waals surface area contributed by atoms with Crippen LogP contribution in [0.15, 0.2) is 30.5 Å². The molecular weight excluding hydrogens is 358 g/mol. The molecule has 7 heteroatoms. The lowest BCUT2D eigenvalue weighted by molar-refractivity contribution is -0.907. The quantitative estimate of drug-likeness (QED) is 0.834. The highest BCUT2D eigenvalue weighted by Crippen LogP contribution is 2.22. The summed E-state index contributed by atoms with van der Waals surface area (Å²) in [4.78, 5) is 18.9. The number of carbonyl (C=O) groups excluding carboxylic acids is 1. The van der Waals surface area contributed by atoms with E-state index in [0.717, 1.165) is 35.0 Å². The molecule has 1 unspecified atom stereocenters. The first kappa shape index (κ1) is 18.3. The summed E-state index contributed by atoms with van der Waals surface area (Å²) in [5.74, 6) is -0.0000412. The number of aromatic nitrogens is 1. The molecule has 0 radical (unpaired) electrons. The van der Waals surface area contributed by atoms with Crippen LogP contribution in [0.3, 0.4) is 0 Å². The van der Waals surface area contributed by atoms with Crippen molar-refractivity contribution in [1.82, 2.24) is 4.98 Å². The molecule has 3 rings (SSSR count). The highest BCUT2D eigenvalue weighted by Gasteiger charge is 2.27. The van der Waals surface area contributed by atoms with E-state index in [4.69, 9.17) is 16.3 Å². The van der Waals surface area contributed by atoms with Gasteiger partial charge >= 0.3 is 0 Å². The fourth-order valence-corrected chi connectivity index (χ4v) is 4.29. The molecule has 134 valence electrons. The maximum absolute atomic E-state index is 12.3. The fraction of sp³-hybridized carbons (Fsp3) is 0.444. The SMILES string of the molecule is C[C@@H]1C[NH+](CC(=O)Nc2ncc(Cc3cccc(Cl)c3)s2)C[C@H](C)O1. The molecule has 1 aromatic carbocycles. The lowest BCUT2D eigenvalue weighted by Crippen LogP contribution is -3.16. The van der Waals surface area contributed by atoms with Gasteiger partial charge in [-0.25, -0.2) is 4.98 Å². The average molecular weight is 381 g/mol. The summed E-state index contributed by atoms with van der Waals surface area (Å²) in [7, 11) is 0. The zero-order chi connectivity index (χ0) is 17.8. The second-order valence-corrected chi connectivity index (χ2v) is 8.13. The summed E-state index contributed by atoms with van der Waals surface area (Å²) >= 11 is 7.52. The molecule has 5 nitrogen and oxygen atoms in total. The topological polar surface area (TPSA) is 55.7 Å². The predicted octanol–water partition coefficient (Wildman–Crippen LogP) is 2.02. The number of ether oxygens (including phenoxy) is 1. The third kappa shape index (κ3) is 5.51. The van der Waals surface area contributed by atoms with Gasteiger partial charge in [-0.15, -0.1) is 11.3 Å². The lowest BCUT2D eigenvalue weighted by atomic mass is 10.1. The Labute approximate surface area is 157 Å². The minimum absolute atomic E-state index is 0.0000412. The highest BCUT2D eigenvalue weighted by molar-refractivity contribution is 7.15. The Kier molecular flexibility index (Phi) is 6.06. The summed E-state index contributed by atoms with van der Waals surface area (Å²) in [5.41, 5.74) is 1.13. The van der Waals surface area contributed by atoms with Gasteiger partial charge in [0.15, 0.2) is 11.7 Å². The normalized spacial score (nSPS) is 23.4. The number of rotatable bonds is 5. The van der Waals surface area contributed by atoms with Crippen LogP contribution < -0.4 is 10.2 Å². The van der Waals surface area contributed by atoms with Crippen molar-refractivity contribution >= 4 is 34.0 Å². The van der Waals surface area contributed by atoms with Gasteiger partial charge in [0.25, 0.3) is 5.91 Å². The molecule has 2 aromatic rings. The number of thiazole rings is 1. The van der Waals surface area contributed by atoms with E-state index in [1.54, 1.807) is 0 Å². The number of quaternary nitrogens is 1. The second-order valence-electron chi connectivity index (χ2n) is 6.58. The Morgan fingerprint density at radius 3 is 2.88 bits per heavy atom. The summed E-state index contributed by atoms with van der Waals surface area (Å²) < 4.78 is 5.71. The van der Waals surface area contributed by atoms with Gasteiger partial charge in [0.05, 0.1) is 0 Å². The molecular formula is C18H23ClN3O2S+. The molecule has 1 aliphatic heterocycles. The van der Waals surface area contributed by atoms with Crippen molar-refractivity contribution < 1.29 is 14.4 Å². The van der Waals surface area contributed by atoms with Crippen molar-refractivity contribution in [3.8, 4) is 0 Å². The molecule has 2 N–H and O–H groups in total. The average Bonchev–Trinajstić information content (AvgIpc) is 2.92. The van der Waals surface area contributed by atoms with E-state index in [0.29, 0.717) is 11.7 Å². The van der Waals surface area contributed by atoms with Crippen molar-refractivity contribution in [2.45, 2.75) is 32.5 Å². The van der Waals surface area contributed by atoms with Crippen LogP contribution in [0.4, 0.5) is 5.13 Å². The number of carbonyl (C=O) groups is 1. The van der Waals surface area contributed by atoms with Gasteiger partial charge in [0.1, 0.15) is 25.3 Å². The molecule has 25 heavy (non-hydrogen) atoms. The van der Waals surface area contributed by atoms with Gasteiger partial charge in [-0.1, -0.05) is 23.7 Å². The highest BCUT2D eigenvalue weighted by atomic mass is 35.5. The lowest BCUT2D eigenvalue weighted by Gasteiger charge is -2.31. The molecule has 2 heterocycles. The number of amides is 1. The summed E-state index contributed by atoms with van der Waals surface area (Å²) in [6.45, 7) is 6.26. The van der Waals surface area contributed by atoms with E-state index >= 15 is 0 Å². The summed E-state index contributed by atoms with van der Waals surface area (Å²) in [6.07, 6.45) is 2.96. The van der Waals surface area contributed by atoms with Crippen molar-refractivity contribution in [3.63, 3.8) is 0 Å². The van der Waals surface area contributed by atoms with Crippen molar-refractivity contribution in [1.29, 1.82) is 0 Å². The molecule has 0 bridgehead atoms. The largest absolute Gasteiger partial charge is 0.364 e. The van der Waals surface area contributed by atoms with Crippen LogP contribution in [0.5, 0.6) is 0 Å². The van der Waals surface area contributed by atoms with Crippen LogP contribution in [0.1, 0.15) is 24.3 Å². The number of nitrogens with zero attached hydrogens (tertiary/aromatic N) is 1. The van der Waals surface area contributed by atoms with Crippen molar-refractivity contribution in [2.24, 2.45) is 0 Å². The molecule has 0 spiro atoms. The van der Waals surface area contributed by atoms with Gasteiger partial charge in [-0.05, 0) is 31.5 Å². The maximum Gasteiger partial charge on any atom is 0.281 e. The van der Waals surface area contributed by atoms with Crippen LogP contribution in [0, 0.1) is 0 Å². The monoisotopic (exact) mass is 380 g/mol. The molecule has 1 saturated heterocycles. The predicted molar refractivity (Wildman–Crippen MR) is 101 cm³/mol. The van der Waals surface area contributed by atoms with Gasteiger partial charge in [0, 0.05) is 22.5 Å². The Morgan fingerprint density at radius 1 is 1.40 bits per heavy atom. The van der Waals surface area contributed by atoms with E-state index in [1.165, 1.54) is 16.2 Å². The van der Waals surface area contributed by atoms with Gasteiger partial charge < -0.3 is 9.64 Å². The van der Waals surface area contributed by atoms with E-state index in [2.05, 4.69) is 24.1 Å². The first-order valence-electron chi connectivity index (χ1n) is 8.46.